The van der Waals surface area contributed by atoms with E-state index in [4.69, 9.17) is 5.73 Å². The summed E-state index contributed by atoms with van der Waals surface area (Å²) >= 11 is 1.73. The van der Waals surface area contributed by atoms with Gasteiger partial charge in [0.25, 0.3) is 0 Å². The van der Waals surface area contributed by atoms with Crippen LogP contribution in [0.4, 0.5) is 0 Å². The quantitative estimate of drug-likeness (QED) is 0.876. The van der Waals surface area contributed by atoms with Gasteiger partial charge in [0, 0.05) is 30.6 Å². The van der Waals surface area contributed by atoms with Crippen molar-refractivity contribution >= 4 is 11.3 Å². The van der Waals surface area contributed by atoms with E-state index in [-0.39, 0.29) is 5.54 Å². The van der Waals surface area contributed by atoms with E-state index in [0.29, 0.717) is 0 Å². The van der Waals surface area contributed by atoms with Gasteiger partial charge in [0.1, 0.15) is 0 Å². The lowest BCUT2D eigenvalue weighted by molar-refractivity contribution is 0.0358. The fraction of sp³-hybridized carbons (Fsp3) is 0.812. The smallest absolute Gasteiger partial charge is 0.0897 e. The Kier molecular flexibility index (Phi) is 5.77. The summed E-state index contributed by atoms with van der Waals surface area (Å²) in [7, 11) is 2.21. The monoisotopic (exact) mass is 310 g/mol. The fourth-order valence-electron chi connectivity index (χ4n) is 3.30. The highest BCUT2D eigenvalue weighted by molar-refractivity contribution is 7.09. The number of aromatic nitrogens is 1. The highest BCUT2D eigenvalue weighted by atomic mass is 32.1. The average Bonchev–Trinajstić information content (AvgIpc) is 2.84. The minimum atomic E-state index is 0.144. The summed E-state index contributed by atoms with van der Waals surface area (Å²) in [6.07, 6.45) is 2.33. The second-order valence-corrected chi connectivity index (χ2v) is 7.90. The zero-order valence-corrected chi connectivity index (χ0v) is 14.7. The van der Waals surface area contributed by atoms with Crippen molar-refractivity contribution in [2.24, 2.45) is 11.7 Å². The maximum absolute atomic E-state index is 6.17. The highest BCUT2D eigenvalue weighted by Gasteiger charge is 2.37. The number of thiazole rings is 1. The maximum Gasteiger partial charge on any atom is 0.0897 e. The average molecular weight is 311 g/mol. The molecule has 0 unspecified atom stereocenters. The SMILES string of the molecule is Cc1nc(CN(C)C2(CN)CCN(CC(C)C)CC2)cs1. The molecular weight excluding hydrogens is 280 g/mol. The van der Waals surface area contributed by atoms with Crippen LogP contribution in [0.5, 0.6) is 0 Å². The lowest BCUT2D eigenvalue weighted by atomic mass is 9.85. The number of hydrogen-bond acceptors (Lipinski definition) is 5. The van der Waals surface area contributed by atoms with Gasteiger partial charge in [-0.25, -0.2) is 4.98 Å². The largest absolute Gasteiger partial charge is 0.329 e. The van der Waals surface area contributed by atoms with Crippen molar-refractivity contribution in [2.75, 3.05) is 33.2 Å². The van der Waals surface area contributed by atoms with Crippen molar-refractivity contribution in [3.05, 3.63) is 16.1 Å². The van der Waals surface area contributed by atoms with Gasteiger partial charge < -0.3 is 10.6 Å². The van der Waals surface area contributed by atoms with Crippen LogP contribution in [0.3, 0.4) is 0 Å². The first-order valence-electron chi connectivity index (χ1n) is 8.00. The van der Waals surface area contributed by atoms with Crippen molar-refractivity contribution in [2.45, 2.75) is 45.7 Å². The van der Waals surface area contributed by atoms with Crippen LogP contribution in [0.25, 0.3) is 0 Å². The van der Waals surface area contributed by atoms with Crippen molar-refractivity contribution in [1.29, 1.82) is 0 Å². The van der Waals surface area contributed by atoms with Crippen LogP contribution in [0.15, 0.2) is 5.38 Å². The predicted octanol–water partition coefficient (Wildman–Crippen LogP) is 2.33. The van der Waals surface area contributed by atoms with E-state index in [0.717, 1.165) is 49.9 Å². The first-order valence-corrected chi connectivity index (χ1v) is 8.88. The normalized spacial score (nSPS) is 19.6. The Labute approximate surface area is 133 Å². The second kappa shape index (κ2) is 7.18. The van der Waals surface area contributed by atoms with Crippen molar-refractivity contribution in [3.8, 4) is 0 Å². The van der Waals surface area contributed by atoms with E-state index in [2.05, 4.69) is 48.0 Å². The van der Waals surface area contributed by atoms with Gasteiger partial charge in [-0.15, -0.1) is 11.3 Å². The molecule has 0 spiro atoms. The Morgan fingerprint density at radius 2 is 2.10 bits per heavy atom. The van der Waals surface area contributed by atoms with Gasteiger partial charge in [0.2, 0.25) is 0 Å². The van der Waals surface area contributed by atoms with Crippen LogP contribution in [-0.4, -0.2) is 53.5 Å². The van der Waals surface area contributed by atoms with E-state index in [1.54, 1.807) is 11.3 Å². The molecule has 120 valence electrons. The molecule has 5 heteroatoms. The summed E-state index contributed by atoms with van der Waals surface area (Å²) in [5.74, 6) is 0.742. The van der Waals surface area contributed by atoms with E-state index < -0.39 is 0 Å². The van der Waals surface area contributed by atoms with Gasteiger partial charge in [-0.3, -0.25) is 4.90 Å². The number of piperidine rings is 1. The van der Waals surface area contributed by atoms with E-state index in [1.165, 1.54) is 12.2 Å². The summed E-state index contributed by atoms with van der Waals surface area (Å²) in [5, 5.41) is 3.32. The molecule has 1 saturated heterocycles. The summed E-state index contributed by atoms with van der Waals surface area (Å²) in [6.45, 7) is 11.8. The lowest BCUT2D eigenvalue weighted by Crippen LogP contribution is -2.58. The van der Waals surface area contributed by atoms with Gasteiger partial charge >= 0.3 is 0 Å². The molecule has 0 aliphatic carbocycles. The molecule has 2 rings (SSSR count). The van der Waals surface area contributed by atoms with Gasteiger partial charge in [-0.05, 0) is 45.8 Å². The van der Waals surface area contributed by atoms with Gasteiger partial charge in [-0.2, -0.15) is 0 Å². The Bertz CT molecular complexity index is 435. The number of aryl methyl sites for hydroxylation is 1. The maximum atomic E-state index is 6.17. The Morgan fingerprint density at radius 1 is 1.43 bits per heavy atom. The van der Waals surface area contributed by atoms with E-state index in [9.17, 15) is 0 Å². The molecule has 0 aromatic carbocycles. The Hall–Kier alpha value is -0.490. The Balaban J connectivity index is 1.95. The number of likely N-dealkylation sites (N-methyl/N-ethyl adjacent to an activating group) is 1. The summed E-state index contributed by atoms with van der Waals surface area (Å²) < 4.78 is 0. The predicted molar refractivity (Wildman–Crippen MR) is 90.6 cm³/mol. The van der Waals surface area contributed by atoms with Gasteiger partial charge in [-0.1, -0.05) is 13.8 Å². The highest BCUT2D eigenvalue weighted by Crippen LogP contribution is 2.29. The zero-order chi connectivity index (χ0) is 15.5. The zero-order valence-electron chi connectivity index (χ0n) is 13.9. The molecule has 0 atom stereocenters. The molecule has 0 bridgehead atoms. The number of hydrogen-bond donors (Lipinski definition) is 1. The molecule has 21 heavy (non-hydrogen) atoms. The molecule has 1 aliphatic rings. The van der Waals surface area contributed by atoms with Crippen molar-refractivity contribution < 1.29 is 0 Å². The van der Waals surface area contributed by atoms with E-state index in [1.807, 2.05) is 0 Å². The number of nitrogens with zero attached hydrogens (tertiary/aromatic N) is 3. The number of nitrogens with two attached hydrogens (primary N) is 1. The molecule has 1 aromatic rings. The summed E-state index contributed by atoms with van der Waals surface area (Å²) in [4.78, 5) is 9.61. The van der Waals surface area contributed by atoms with Crippen LogP contribution in [0.2, 0.25) is 0 Å². The molecule has 0 saturated carbocycles. The fourth-order valence-corrected chi connectivity index (χ4v) is 3.91. The first-order chi connectivity index (χ1) is 9.95. The summed E-state index contributed by atoms with van der Waals surface area (Å²) in [5.41, 5.74) is 7.49. The Morgan fingerprint density at radius 3 is 2.57 bits per heavy atom. The lowest BCUT2D eigenvalue weighted by Gasteiger charge is -2.47. The third-order valence-corrected chi connectivity index (χ3v) is 5.49. The van der Waals surface area contributed by atoms with Gasteiger partial charge in [0.05, 0.1) is 10.7 Å². The standard InChI is InChI=1S/C16H30N4S/c1-13(2)9-20-7-5-16(12-17,6-8-20)19(4)10-15-11-21-14(3)18-15/h11,13H,5-10,12,17H2,1-4H3. The molecule has 4 nitrogen and oxygen atoms in total. The summed E-state index contributed by atoms with van der Waals surface area (Å²) in [6, 6.07) is 0. The van der Waals surface area contributed by atoms with Crippen LogP contribution in [-0.2, 0) is 6.54 Å². The van der Waals surface area contributed by atoms with Crippen LogP contribution < -0.4 is 5.73 Å². The van der Waals surface area contributed by atoms with Crippen LogP contribution in [0, 0.1) is 12.8 Å². The molecule has 2 heterocycles. The molecule has 1 fully saturated rings. The molecule has 1 aromatic heterocycles. The molecule has 0 amide bonds. The molecule has 1 aliphatic heterocycles. The van der Waals surface area contributed by atoms with Crippen molar-refractivity contribution in [3.63, 3.8) is 0 Å². The molecule has 2 N–H and O–H groups in total. The van der Waals surface area contributed by atoms with Crippen LogP contribution in [0.1, 0.15) is 37.4 Å². The third-order valence-electron chi connectivity index (χ3n) is 4.67. The molecule has 0 radical (unpaired) electrons. The topological polar surface area (TPSA) is 45.4 Å². The third kappa shape index (κ3) is 4.25. The van der Waals surface area contributed by atoms with Gasteiger partial charge in [0.15, 0.2) is 0 Å². The second-order valence-electron chi connectivity index (χ2n) is 6.84. The van der Waals surface area contributed by atoms with Crippen molar-refractivity contribution in [1.82, 2.24) is 14.8 Å². The van der Waals surface area contributed by atoms with Crippen LogP contribution >= 0.6 is 11.3 Å². The van der Waals surface area contributed by atoms with E-state index >= 15 is 0 Å². The number of likely N-dealkylation sites (tertiary alicyclic amines) is 1. The number of rotatable bonds is 6. The minimum absolute atomic E-state index is 0.144. The molecular formula is C16H30N4S. The first kappa shape index (κ1) is 16.9. The minimum Gasteiger partial charge on any atom is -0.329 e.